The van der Waals surface area contributed by atoms with Gasteiger partial charge in [-0.1, -0.05) is 17.6 Å². The van der Waals surface area contributed by atoms with Crippen molar-refractivity contribution in [2.24, 2.45) is 0 Å². The minimum absolute atomic E-state index is 0.0679. The first-order valence-electron chi connectivity index (χ1n) is 4.36. The Morgan fingerprint density at radius 3 is 3.15 bits per heavy atom. The Labute approximate surface area is 78.8 Å². The number of urea groups is 1. The molecule has 0 atom stereocenters. The predicted octanol–water partition coefficient (Wildman–Crippen LogP) is 0.981. The molecule has 0 bridgehead atoms. The van der Waals surface area contributed by atoms with Crippen LogP contribution in [0.25, 0.3) is 0 Å². The van der Waals surface area contributed by atoms with Crippen LogP contribution in [0.3, 0.4) is 0 Å². The van der Waals surface area contributed by atoms with Crippen LogP contribution in [0.4, 0.5) is 4.79 Å². The van der Waals surface area contributed by atoms with Crippen LogP contribution in [0, 0.1) is 12.3 Å². The van der Waals surface area contributed by atoms with Crippen molar-refractivity contribution in [1.29, 1.82) is 0 Å². The van der Waals surface area contributed by atoms with Gasteiger partial charge in [0.15, 0.2) is 0 Å². The standard InChI is InChI=1S/C10H14N2O/c1-3-6-11-10(13)12-7-4-9(2)5-8-12/h1,4H,5-8H2,2H3,(H,11,13). The second kappa shape index (κ2) is 4.56. The van der Waals surface area contributed by atoms with Crippen LogP contribution in [0.1, 0.15) is 13.3 Å². The van der Waals surface area contributed by atoms with E-state index < -0.39 is 0 Å². The summed E-state index contributed by atoms with van der Waals surface area (Å²) < 4.78 is 0. The van der Waals surface area contributed by atoms with Crippen LogP contribution < -0.4 is 5.32 Å². The highest BCUT2D eigenvalue weighted by Gasteiger charge is 2.14. The van der Waals surface area contributed by atoms with Crippen LogP contribution in [0.2, 0.25) is 0 Å². The average molecular weight is 178 g/mol. The lowest BCUT2D eigenvalue weighted by Gasteiger charge is -2.25. The number of amides is 2. The summed E-state index contributed by atoms with van der Waals surface area (Å²) >= 11 is 0. The minimum atomic E-state index is -0.0679. The summed E-state index contributed by atoms with van der Waals surface area (Å²) in [5, 5.41) is 2.64. The van der Waals surface area contributed by atoms with E-state index in [9.17, 15) is 4.79 Å². The molecule has 1 aliphatic rings. The lowest BCUT2D eigenvalue weighted by Crippen LogP contribution is -2.42. The first-order chi connectivity index (χ1) is 6.24. The van der Waals surface area contributed by atoms with Gasteiger partial charge in [-0.15, -0.1) is 6.42 Å². The Kier molecular flexibility index (Phi) is 3.39. The summed E-state index contributed by atoms with van der Waals surface area (Å²) in [7, 11) is 0. The molecule has 0 spiro atoms. The number of carbonyl (C=O) groups is 1. The number of terminal acetylenes is 1. The van der Waals surface area contributed by atoms with Crippen molar-refractivity contribution in [3.8, 4) is 12.3 Å². The zero-order chi connectivity index (χ0) is 9.68. The SMILES string of the molecule is C#CCNC(=O)N1CC=C(C)CC1. The molecule has 0 unspecified atom stereocenters. The first-order valence-corrected chi connectivity index (χ1v) is 4.36. The Balaban J connectivity index is 2.38. The van der Waals surface area contributed by atoms with E-state index >= 15 is 0 Å². The van der Waals surface area contributed by atoms with Gasteiger partial charge in [0, 0.05) is 13.1 Å². The molecule has 2 amide bonds. The lowest BCUT2D eigenvalue weighted by atomic mass is 10.1. The normalized spacial score (nSPS) is 16.0. The van der Waals surface area contributed by atoms with Gasteiger partial charge in [-0.2, -0.15) is 0 Å². The summed E-state index contributed by atoms with van der Waals surface area (Å²) in [6.45, 7) is 3.87. The summed E-state index contributed by atoms with van der Waals surface area (Å²) in [6.07, 6.45) is 8.06. The second-order valence-electron chi connectivity index (χ2n) is 3.11. The largest absolute Gasteiger partial charge is 0.327 e. The van der Waals surface area contributed by atoms with Crippen molar-refractivity contribution in [2.45, 2.75) is 13.3 Å². The van der Waals surface area contributed by atoms with Crippen molar-refractivity contribution in [2.75, 3.05) is 19.6 Å². The third-order valence-corrected chi connectivity index (χ3v) is 2.07. The molecule has 0 aromatic carbocycles. The van der Waals surface area contributed by atoms with Gasteiger partial charge >= 0.3 is 6.03 Å². The maximum atomic E-state index is 11.4. The van der Waals surface area contributed by atoms with Crippen LogP contribution in [-0.2, 0) is 0 Å². The first kappa shape index (κ1) is 9.66. The van der Waals surface area contributed by atoms with Crippen molar-refractivity contribution >= 4 is 6.03 Å². The molecule has 0 aromatic heterocycles. The Morgan fingerprint density at radius 2 is 2.62 bits per heavy atom. The third-order valence-electron chi connectivity index (χ3n) is 2.07. The molecular weight excluding hydrogens is 164 g/mol. The molecule has 0 fully saturated rings. The van der Waals surface area contributed by atoms with E-state index in [0.29, 0.717) is 13.1 Å². The average Bonchev–Trinajstić information content (AvgIpc) is 2.15. The van der Waals surface area contributed by atoms with E-state index in [2.05, 4.69) is 24.2 Å². The molecule has 70 valence electrons. The van der Waals surface area contributed by atoms with E-state index in [1.807, 2.05) is 0 Å². The van der Waals surface area contributed by atoms with E-state index in [-0.39, 0.29) is 6.03 Å². The van der Waals surface area contributed by atoms with Crippen molar-refractivity contribution < 1.29 is 4.79 Å². The molecule has 1 heterocycles. The fraction of sp³-hybridized carbons (Fsp3) is 0.500. The molecule has 0 aromatic rings. The Hall–Kier alpha value is -1.43. The molecular formula is C10H14N2O. The van der Waals surface area contributed by atoms with Crippen molar-refractivity contribution in [3.05, 3.63) is 11.6 Å². The lowest BCUT2D eigenvalue weighted by molar-refractivity contribution is 0.203. The van der Waals surface area contributed by atoms with Crippen LogP contribution in [0.15, 0.2) is 11.6 Å². The van der Waals surface area contributed by atoms with Gasteiger partial charge in [-0.25, -0.2) is 4.79 Å². The fourth-order valence-corrected chi connectivity index (χ4v) is 1.19. The van der Waals surface area contributed by atoms with Gasteiger partial charge in [-0.3, -0.25) is 0 Å². The second-order valence-corrected chi connectivity index (χ2v) is 3.11. The highest BCUT2D eigenvalue weighted by molar-refractivity contribution is 5.74. The molecule has 3 heteroatoms. The number of hydrogen-bond donors (Lipinski definition) is 1. The van der Waals surface area contributed by atoms with Gasteiger partial charge in [0.05, 0.1) is 6.54 Å². The number of hydrogen-bond acceptors (Lipinski definition) is 1. The molecule has 0 aliphatic carbocycles. The van der Waals surface area contributed by atoms with Crippen LogP contribution in [-0.4, -0.2) is 30.6 Å². The van der Waals surface area contributed by atoms with Crippen molar-refractivity contribution in [1.82, 2.24) is 10.2 Å². The van der Waals surface area contributed by atoms with Crippen molar-refractivity contribution in [3.63, 3.8) is 0 Å². The monoisotopic (exact) mass is 178 g/mol. The summed E-state index contributed by atoms with van der Waals surface area (Å²) in [5.74, 6) is 2.37. The van der Waals surface area contributed by atoms with Crippen LogP contribution in [0.5, 0.6) is 0 Å². The molecule has 1 rings (SSSR count). The molecule has 0 saturated carbocycles. The number of nitrogens with zero attached hydrogens (tertiary/aromatic N) is 1. The quantitative estimate of drug-likeness (QED) is 0.471. The fourth-order valence-electron chi connectivity index (χ4n) is 1.19. The van der Waals surface area contributed by atoms with E-state index in [1.54, 1.807) is 4.90 Å². The Bertz CT molecular complexity index is 263. The molecule has 3 nitrogen and oxygen atoms in total. The number of carbonyl (C=O) groups excluding carboxylic acids is 1. The molecule has 0 saturated heterocycles. The maximum absolute atomic E-state index is 11.4. The summed E-state index contributed by atoms with van der Waals surface area (Å²) in [4.78, 5) is 13.1. The highest BCUT2D eigenvalue weighted by Crippen LogP contribution is 2.08. The van der Waals surface area contributed by atoms with E-state index in [0.717, 1.165) is 13.0 Å². The molecule has 1 aliphatic heterocycles. The summed E-state index contributed by atoms with van der Waals surface area (Å²) in [6, 6.07) is -0.0679. The van der Waals surface area contributed by atoms with Gasteiger partial charge in [0.2, 0.25) is 0 Å². The summed E-state index contributed by atoms with van der Waals surface area (Å²) in [5.41, 5.74) is 1.35. The number of rotatable bonds is 1. The van der Waals surface area contributed by atoms with Gasteiger partial charge < -0.3 is 10.2 Å². The zero-order valence-electron chi connectivity index (χ0n) is 7.84. The van der Waals surface area contributed by atoms with Gasteiger partial charge in [0.25, 0.3) is 0 Å². The highest BCUT2D eigenvalue weighted by atomic mass is 16.2. The van der Waals surface area contributed by atoms with E-state index in [4.69, 9.17) is 6.42 Å². The molecule has 13 heavy (non-hydrogen) atoms. The molecule has 1 N–H and O–H groups in total. The predicted molar refractivity (Wildman–Crippen MR) is 52.2 cm³/mol. The topological polar surface area (TPSA) is 32.3 Å². The minimum Gasteiger partial charge on any atom is -0.327 e. The Morgan fingerprint density at radius 1 is 1.85 bits per heavy atom. The smallest absolute Gasteiger partial charge is 0.318 e. The van der Waals surface area contributed by atoms with Gasteiger partial charge in [0.1, 0.15) is 0 Å². The number of nitrogens with one attached hydrogen (secondary N) is 1. The maximum Gasteiger partial charge on any atom is 0.318 e. The van der Waals surface area contributed by atoms with Gasteiger partial charge in [-0.05, 0) is 13.3 Å². The molecule has 0 radical (unpaired) electrons. The zero-order valence-corrected chi connectivity index (χ0v) is 7.84. The third kappa shape index (κ3) is 2.83. The van der Waals surface area contributed by atoms with Crippen LogP contribution >= 0.6 is 0 Å². The van der Waals surface area contributed by atoms with E-state index in [1.165, 1.54) is 5.57 Å².